The Hall–Kier alpha value is -10.7. The maximum absolute atomic E-state index is 3.98. The number of nitrogens with zero attached hydrogens (tertiary/aromatic N) is 29. The van der Waals surface area contributed by atoms with E-state index in [4.69, 9.17) is 0 Å². The van der Waals surface area contributed by atoms with Crippen LogP contribution in [-0.2, 0) is 42.3 Å². The van der Waals surface area contributed by atoms with Crippen LogP contribution in [0.5, 0.6) is 0 Å². The first-order chi connectivity index (χ1) is 43.0. The van der Waals surface area contributed by atoms with E-state index in [1.165, 1.54) is 56.8 Å². The van der Waals surface area contributed by atoms with Crippen LogP contribution in [0.2, 0.25) is 0 Å². The molecule has 14 aromatic heterocycles. The van der Waals surface area contributed by atoms with Gasteiger partial charge in [-0.3, -0.25) is 34.0 Å². The molecule has 0 saturated carbocycles. The Morgan fingerprint density at radius 1 is 0.389 bits per heavy atom. The van der Waals surface area contributed by atoms with Gasteiger partial charge in [0.1, 0.15) is 37.5 Å². The van der Waals surface area contributed by atoms with Crippen molar-refractivity contribution < 1.29 is 0 Å². The zero-order valence-corrected chi connectivity index (χ0v) is 54.9. The smallest absolute Gasteiger partial charge is 0.137 e. The van der Waals surface area contributed by atoms with Gasteiger partial charge < -0.3 is 4.57 Å². The van der Waals surface area contributed by atoms with E-state index in [0.717, 1.165) is 32.7 Å². The van der Waals surface area contributed by atoms with Gasteiger partial charge in [0, 0.05) is 162 Å². The third-order valence-electron chi connectivity index (χ3n) is 8.65. The topological polar surface area (TPSA) is 326 Å². The van der Waals surface area contributed by atoms with Crippen molar-refractivity contribution in [2.75, 3.05) is 0 Å². The summed E-state index contributed by atoms with van der Waals surface area (Å²) >= 11 is 4.75. The summed E-state index contributed by atoms with van der Waals surface area (Å²) in [4.78, 5) is 49.9. The molecule has 0 radical (unpaired) electrons. The van der Waals surface area contributed by atoms with E-state index in [-0.39, 0.29) is 7.43 Å². The first kappa shape index (κ1) is 79.3. The predicted octanol–water partition coefficient (Wildman–Crippen LogP) is 9.02. The van der Waals surface area contributed by atoms with Gasteiger partial charge in [0.2, 0.25) is 0 Å². The minimum Gasteiger partial charge on any atom is -0.341 e. The first-order valence-corrected chi connectivity index (χ1v) is 28.8. The summed E-state index contributed by atoms with van der Waals surface area (Å²) in [5.74, 6) is 0.822. The summed E-state index contributed by atoms with van der Waals surface area (Å²) < 4.78 is 12.1. The lowest BCUT2D eigenvalue weighted by molar-refractivity contribution is 0.654. The number of tetrazole rings is 1. The number of hydrogen-bond donors (Lipinski definition) is 0. The van der Waals surface area contributed by atoms with Crippen molar-refractivity contribution in [3.63, 3.8) is 0 Å². The van der Waals surface area contributed by atoms with Crippen molar-refractivity contribution in [3.8, 4) is 0 Å². The standard InChI is InChI=1S/2C6H7N.3C5H6N2.2C4H6N2.2C4H5NS.3C3H5N3.C3H4N2S.C2H4N4.CH4/c1-6-3-2-4-7-5-6;1-6-4-2-3-5-7-6;1-5-2-6-4-7-3-5;1-5-2-3-6-4-7-5;1-5-6-3-2-4-7-5;1-6-3-2-5-4-6;1-6-4-2-3-5-6;1-4-2-5-3-6-4;1-4-5-2-3-6-4;1-6-3-4-2-5-6;1-6-3-2-4-5-6;1-6-4-2-3-5-6;1-3-2-4-5-6-3;1-6-2-3-4-5-6;/h2*2-5H,1H3;3*2-4H,1H3;2*2-4H,1H3;5*2-3H,1H3;2*2H,1H3;1H4. The van der Waals surface area contributed by atoms with E-state index < -0.39 is 0 Å². The van der Waals surface area contributed by atoms with Crippen molar-refractivity contribution in [2.24, 2.45) is 42.3 Å². The van der Waals surface area contributed by atoms with E-state index in [2.05, 4.69) is 116 Å². The molecule has 476 valence electrons. The number of aromatic nitrogens is 29. The lowest BCUT2D eigenvalue weighted by Gasteiger charge is -1.82. The van der Waals surface area contributed by atoms with E-state index >= 15 is 0 Å². The maximum Gasteiger partial charge on any atom is 0.137 e. The van der Waals surface area contributed by atoms with Crippen LogP contribution in [-0.4, -0.2) is 144 Å². The van der Waals surface area contributed by atoms with E-state index in [0.29, 0.717) is 0 Å². The number of thiazole rings is 2. The van der Waals surface area contributed by atoms with Gasteiger partial charge in [0.25, 0.3) is 0 Å². The lowest BCUT2D eigenvalue weighted by atomic mass is 10.3. The number of imidazole rings is 1. The largest absolute Gasteiger partial charge is 0.341 e. The SMILES string of the molecule is C.Cc1ccccn1.Cc1cccnc1.Cc1ccncn1.Cc1cncnc1.Cc1cncs1.Cc1cnns1.Cc1ncccn1.Cc1nccs1.Cn1cccn1.Cn1ccnc1.Cn1ccnn1.Cn1cncn1.Cn1cnnn1.Cn1nccn1. The summed E-state index contributed by atoms with van der Waals surface area (Å²) in [6.45, 7) is 15.8. The minimum atomic E-state index is 0. The monoisotopic (exact) mass is 1280 g/mol. The zero-order valence-electron chi connectivity index (χ0n) is 52.4. The molecule has 0 spiro atoms. The Kier molecular flexibility index (Phi) is 48.3. The molecule has 0 N–H and O–H groups in total. The fraction of sp³-hybridized carbons (Fsp3) is 0.259. The zero-order chi connectivity index (χ0) is 65.2. The fourth-order valence-corrected chi connectivity index (χ4v) is 5.65. The van der Waals surface area contributed by atoms with Crippen LogP contribution in [0, 0.1) is 55.4 Å². The quantitative estimate of drug-likeness (QED) is 0.137. The Balaban J connectivity index is 0.000000947. The maximum atomic E-state index is 3.98. The molecule has 0 amide bonds. The number of aryl methyl sites for hydroxylation is 14. The highest BCUT2D eigenvalue weighted by molar-refractivity contribution is 7.09. The van der Waals surface area contributed by atoms with Crippen LogP contribution in [0.1, 0.15) is 50.5 Å². The van der Waals surface area contributed by atoms with Crippen molar-refractivity contribution in [1.29, 1.82) is 0 Å². The molecular formula is C58H81N29S3. The Labute approximate surface area is 538 Å². The second-order valence-electron chi connectivity index (χ2n) is 16.8. The van der Waals surface area contributed by atoms with Crippen molar-refractivity contribution in [3.05, 3.63) is 258 Å². The fourth-order valence-electron chi connectivity index (χ4n) is 4.49. The van der Waals surface area contributed by atoms with Gasteiger partial charge in [-0.15, -0.1) is 38.0 Å². The van der Waals surface area contributed by atoms with Crippen LogP contribution in [0.4, 0.5) is 0 Å². The van der Waals surface area contributed by atoms with Crippen LogP contribution >= 0.6 is 34.2 Å². The second-order valence-corrected chi connectivity index (χ2v) is 20.0. The highest BCUT2D eigenvalue weighted by Gasteiger charge is 1.81. The van der Waals surface area contributed by atoms with Gasteiger partial charge in [-0.2, -0.15) is 25.2 Å². The van der Waals surface area contributed by atoms with Gasteiger partial charge in [0.15, 0.2) is 0 Å². The van der Waals surface area contributed by atoms with Crippen LogP contribution < -0.4 is 0 Å². The molecular weight excluding hydrogens is 1200 g/mol. The molecule has 0 fully saturated rings. The minimum absolute atomic E-state index is 0. The van der Waals surface area contributed by atoms with Crippen molar-refractivity contribution >= 4 is 34.2 Å². The predicted molar refractivity (Wildman–Crippen MR) is 352 cm³/mol. The van der Waals surface area contributed by atoms with Crippen LogP contribution in [0.15, 0.2) is 215 Å². The molecule has 14 aromatic rings. The van der Waals surface area contributed by atoms with Gasteiger partial charge in [-0.05, 0) is 125 Å². The summed E-state index contributed by atoms with van der Waals surface area (Å²) in [5, 5.41) is 39.0. The Morgan fingerprint density at radius 3 is 1.33 bits per heavy atom. The molecule has 0 aliphatic rings. The average Bonchev–Trinajstić information content (AvgIpc) is 4.41. The number of rotatable bonds is 0. The van der Waals surface area contributed by atoms with Gasteiger partial charge in [-0.1, -0.05) is 29.3 Å². The number of hydrogen-bond acceptors (Lipinski definition) is 26. The molecule has 0 unspecified atom stereocenters. The summed E-state index contributed by atoms with van der Waals surface area (Å²) in [6, 6.07) is 15.4. The molecule has 0 saturated heterocycles. The Morgan fingerprint density at radius 2 is 1.12 bits per heavy atom. The normalized spacial score (nSPS) is 8.69. The summed E-state index contributed by atoms with van der Waals surface area (Å²) in [7, 11) is 11.0. The van der Waals surface area contributed by atoms with E-state index in [1.54, 1.807) is 162 Å². The summed E-state index contributed by atoms with van der Waals surface area (Å²) in [6.07, 6.45) is 43.0. The number of pyridine rings is 2. The van der Waals surface area contributed by atoms with Gasteiger partial charge >= 0.3 is 0 Å². The Bertz CT molecular complexity index is 2820. The van der Waals surface area contributed by atoms with Crippen molar-refractivity contribution in [1.82, 2.24) is 144 Å². The lowest BCUT2D eigenvalue weighted by Crippen LogP contribution is -1.89. The van der Waals surface area contributed by atoms with E-state index in [1.807, 2.05) is 166 Å². The molecule has 0 aliphatic carbocycles. The van der Waals surface area contributed by atoms with Crippen LogP contribution in [0.3, 0.4) is 0 Å². The van der Waals surface area contributed by atoms with Gasteiger partial charge in [-0.25, -0.2) is 44.6 Å². The molecule has 90 heavy (non-hydrogen) atoms. The molecule has 29 nitrogen and oxygen atoms in total. The van der Waals surface area contributed by atoms with E-state index in [9.17, 15) is 0 Å². The van der Waals surface area contributed by atoms with Crippen molar-refractivity contribution in [2.45, 2.75) is 62.8 Å². The molecule has 0 bridgehead atoms. The molecule has 14 rings (SSSR count). The molecule has 14 heterocycles. The highest BCUT2D eigenvalue weighted by atomic mass is 32.1. The van der Waals surface area contributed by atoms with Gasteiger partial charge in [0.05, 0.1) is 41.6 Å². The average molecular weight is 1280 g/mol. The highest BCUT2D eigenvalue weighted by Crippen LogP contribution is 2.00. The first-order valence-electron chi connectivity index (χ1n) is 26.3. The molecule has 32 heteroatoms. The summed E-state index contributed by atoms with van der Waals surface area (Å²) in [5.41, 5.74) is 6.22. The van der Waals surface area contributed by atoms with Crippen LogP contribution in [0.25, 0.3) is 0 Å². The third-order valence-corrected chi connectivity index (χ3v) is 10.6. The molecule has 0 aliphatic heterocycles. The molecule has 0 atom stereocenters. The molecule has 0 aromatic carbocycles. The third kappa shape index (κ3) is 52.8. The second kappa shape index (κ2) is 54.9.